The van der Waals surface area contributed by atoms with Gasteiger partial charge in [-0.1, -0.05) is 12.1 Å². The van der Waals surface area contributed by atoms with Gasteiger partial charge in [0, 0.05) is 11.6 Å². The van der Waals surface area contributed by atoms with Crippen LogP contribution in [0.4, 0.5) is 20.2 Å². The first-order chi connectivity index (χ1) is 11.0. The van der Waals surface area contributed by atoms with E-state index in [0.717, 1.165) is 18.9 Å². The van der Waals surface area contributed by atoms with Gasteiger partial charge in [0.2, 0.25) is 5.91 Å². The Balaban J connectivity index is 1.76. The largest absolute Gasteiger partial charge is 0.323 e. The molecular weight excluding hydrogens is 302 g/mol. The van der Waals surface area contributed by atoms with E-state index in [4.69, 9.17) is 0 Å². The van der Waals surface area contributed by atoms with E-state index in [1.807, 2.05) is 0 Å². The minimum atomic E-state index is -0.644. The van der Waals surface area contributed by atoms with Crippen LogP contribution in [0.1, 0.15) is 23.2 Å². The maximum Gasteiger partial charge on any atom is 0.258 e. The molecule has 0 spiro atoms. The Bertz CT molecular complexity index is 773. The van der Waals surface area contributed by atoms with Gasteiger partial charge in [0.05, 0.1) is 11.3 Å². The average molecular weight is 316 g/mol. The van der Waals surface area contributed by atoms with Crippen LogP contribution in [0.3, 0.4) is 0 Å². The Hall–Kier alpha value is -2.76. The predicted octanol–water partition coefficient (Wildman–Crippen LogP) is 3.57. The maximum absolute atomic E-state index is 13.8. The van der Waals surface area contributed by atoms with Gasteiger partial charge in [-0.15, -0.1) is 0 Å². The molecule has 0 aliphatic heterocycles. The van der Waals surface area contributed by atoms with Crippen LogP contribution in [0, 0.1) is 17.6 Å². The summed E-state index contributed by atoms with van der Waals surface area (Å²) >= 11 is 0. The van der Waals surface area contributed by atoms with Crippen molar-refractivity contribution in [1.29, 1.82) is 0 Å². The molecule has 0 saturated heterocycles. The quantitative estimate of drug-likeness (QED) is 0.906. The van der Waals surface area contributed by atoms with Crippen molar-refractivity contribution >= 4 is 23.2 Å². The number of amides is 2. The van der Waals surface area contributed by atoms with Gasteiger partial charge in [0.25, 0.3) is 5.91 Å². The third-order valence-corrected chi connectivity index (χ3v) is 3.55. The van der Waals surface area contributed by atoms with Gasteiger partial charge >= 0.3 is 0 Å². The predicted molar refractivity (Wildman–Crippen MR) is 82.1 cm³/mol. The van der Waals surface area contributed by atoms with Crippen LogP contribution >= 0.6 is 0 Å². The second-order valence-corrected chi connectivity index (χ2v) is 5.39. The highest BCUT2D eigenvalue weighted by Gasteiger charge is 2.30. The summed E-state index contributed by atoms with van der Waals surface area (Å²) in [5, 5.41) is 4.99. The summed E-state index contributed by atoms with van der Waals surface area (Å²) in [7, 11) is 0. The first-order valence-corrected chi connectivity index (χ1v) is 7.21. The molecule has 1 aliphatic carbocycles. The van der Waals surface area contributed by atoms with E-state index in [1.54, 1.807) is 6.07 Å². The molecule has 0 radical (unpaired) electrons. The molecule has 118 valence electrons. The molecule has 1 aliphatic rings. The van der Waals surface area contributed by atoms with Crippen molar-refractivity contribution in [3.05, 3.63) is 59.7 Å². The third-order valence-electron chi connectivity index (χ3n) is 3.55. The lowest BCUT2D eigenvalue weighted by Gasteiger charge is -2.10. The van der Waals surface area contributed by atoms with Gasteiger partial charge in [0.1, 0.15) is 11.6 Å². The van der Waals surface area contributed by atoms with Crippen LogP contribution in [0.2, 0.25) is 0 Å². The topological polar surface area (TPSA) is 58.2 Å². The number of hydrogen-bond donors (Lipinski definition) is 2. The van der Waals surface area contributed by atoms with Gasteiger partial charge in [-0.05, 0) is 43.2 Å². The molecule has 2 aromatic rings. The molecule has 2 aromatic carbocycles. The van der Waals surface area contributed by atoms with Crippen molar-refractivity contribution in [1.82, 2.24) is 0 Å². The Morgan fingerprint density at radius 1 is 0.957 bits per heavy atom. The molecule has 0 bridgehead atoms. The smallest absolute Gasteiger partial charge is 0.258 e. The number of nitrogens with one attached hydrogen (secondary N) is 2. The van der Waals surface area contributed by atoms with Gasteiger partial charge < -0.3 is 10.6 Å². The molecule has 4 nitrogen and oxygen atoms in total. The lowest BCUT2D eigenvalue weighted by molar-refractivity contribution is -0.117. The SMILES string of the molecule is O=C(Nc1ccc(F)c(NC(=O)C2CC2)c1)c1ccccc1F. The summed E-state index contributed by atoms with van der Waals surface area (Å²) < 4.78 is 27.3. The monoisotopic (exact) mass is 316 g/mol. The van der Waals surface area contributed by atoms with Crippen LogP contribution in [-0.4, -0.2) is 11.8 Å². The van der Waals surface area contributed by atoms with Gasteiger partial charge in [-0.25, -0.2) is 8.78 Å². The highest BCUT2D eigenvalue weighted by atomic mass is 19.1. The highest BCUT2D eigenvalue weighted by Crippen LogP contribution is 2.31. The van der Waals surface area contributed by atoms with E-state index in [0.29, 0.717) is 0 Å². The molecule has 0 aromatic heterocycles. The van der Waals surface area contributed by atoms with Crippen molar-refractivity contribution < 1.29 is 18.4 Å². The number of carbonyl (C=O) groups excluding carboxylic acids is 2. The zero-order valence-electron chi connectivity index (χ0n) is 12.1. The van der Waals surface area contributed by atoms with Crippen LogP contribution in [-0.2, 0) is 4.79 Å². The molecule has 23 heavy (non-hydrogen) atoms. The Morgan fingerprint density at radius 3 is 2.39 bits per heavy atom. The molecular formula is C17H14F2N2O2. The molecule has 0 heterocycles. The van der Waals surface area contributed by atoms with Gasteiger partial charge in [0.15, 0.2) is 0 Å². The van der Waals surface area contributed by atoms with Crippen molar-refractivity contribution in [2.24, 2.45) is 5.92 Å². The lowest BCUT2D eigenvalue weighted by atomic mass is 10.2. The summed E-state index contributed by atoms with van der Waals surface area (Å²) in [6.45, 7) is 0. The number of hydrogen-bond acceptors (Lipinski definition) is 2. The average Bonchev–Trinajstić information content (AvgIpc) is 3.35. The van der Waals surface area contributed by atoms with E-state index in [9.17, 15) is 18.4 Å². The molecule has 6 heteroatoms. The minimum Gasteiger partial charge on any atom is -0.323 e. The number of halogens is 2. The Labute approximate surface area is 131 Å². The van der Waals surface area contributed by atoms with Crippen LogP contribution in [0.15, 0.2) is 42.5 Å². The third kappa shape index (κ3) is 3.53. The van der Waals surface area contributed by atoms with Crippen LogP contribution in [0.5, 0.6) is 0 Å². The molecule has 0 unspecified atom stereocenters. The Kier molecular flexibility index (Phi) is 4.06. The summed E-state index contributed by atoms with van der Waals surface area (Å²) in [6, 6.07) is 9.36. The standard InChI is InChI=1S/C17H14F2N2O2/c18-13-4-2-1-3-12(13)17(23)20-11-7-8-14(19)15(9-11)21-16(22)10-5-6-10/h1-4,7-10H,5-6H2,(H,20,23)(H,21,22). The fraction of sp³-hybridized carbons (Fsp3) is 0.176. The first-order valence-electron chi connectivity index (χ1n) is 7.21. The minimum absolute atomic E-state index is 0.00627. The Morgan fingerprint density at radius 2 is 1.70 bits per heavy atom. The van der Waals surface area contributed by atoms with Crippen molar-refractivity contribution in [2.45, 2.75) is 12.8 Å². The molecule has 3 rings (SSSR count). The van der Waals surface area contributed by atoms with Crippen LogP contribution in [0.25, 0.3) is 0 Å². The summed E-state index contributed by atoms with van der Waals surface area (Å²) in [4.78, 5) is 23.8. The number of benzene rings is 2. The number of carbonyl (C=O) groups is 2. The number of rotatable bonds is 4. The summed E-state index contributed by atoms with van der Waals surface area (Å²) in [6.07, 6.45) is 1.61. The highest BCUT2D eigenvalue weighted by molar-refractivity contribution is 6.05. The molecule has 2 N–H and O–H groups in total. The van der Waals surface area contributed by atoms with Crippen LogP contribution < -0.4 is 10.6 Å². The van der Waals surface area contributed by atoms with Crippen molar-refractivity contribution in [3.63, 3.8) is 0 Å². The number of anilines is 2. The molecule has 2 amide bonds. The van der Waals surface area contributed by atoms with Crippen molar-refractivity contribution in [3.8, 4) is 0 Å². The van der Waals surface area contributed by atoms with E-state index >= 15 is 0 Å². The molecule has 1 saturated carbocycles. The van der Waals surface area contributed by atoms with Crippen molar-refractivity contribution in [2.75, 3.05) is 10.6 Å². The van der Waals surface area contributed by atoms with E-state index in [1.165, 1.54) is 30.3 Å². The van der Waals surface area contributed by atoms with E-state index in [-0.39, 0.29) is 28.8 Å². The first kappa shape index (κ1) is 15.1. The zero-order chi connectivity index (χ0) is 16.4. The fourth-order valence-electron chi connectivity index (χ4n) is 2.12. The van der Waals surface area contributed by atoms with Gasteiger partial charge in [-0.3, -0.25) is 9.59 Å². The van der Waals surface area contributed by atoms with Gasteiger partial charge in [-0.2, -0.15) is 0 Å². The zero-order valence-corrected chi connectivity index (χ0v) is 12.1. The fourth-order valence-corrected chi connectivity index (χ4v) is 2.12. The lowest BCUT2D eigenvalue weighted by Crippen LogP contribution is -2.16. The maximum atomic E-state index is 13.8. The second kappa shape index (κ2) is 6.16. The van der Waals surface area contributed by atoms with E-state index < -0.39 is 17.5 Å². The molecule has 0 atom stereocenters. The molecule has 1 fully saturated rings. The summed E-state index contributed by atoms with van der Waals surface area (Å²) in [5.74, 6) is -2.18. The normalized spacial score (nSPS) is 13.5. The van der Waals surface area contributed by atoms with E-state index in [2.05, 4.69) is 10.6 Å². The second-order valence-electron chi connectivity index (χ2n) is 5.39. The summed E-state index contributed by atoms with van der Waals surface area (Å²) in [5.41, 5.74) is 0.152.